The third-order valence-electron chi connectivity index (χ3n) is 3.48. The molecule has 6 nitrogen and oxygen atoms in total. The Labute approximate surface area is 138 Å². The quantitative estimate of drug-likeness (QED) is 0.647. The number of ether oxygens (including phenoxy) is 1. The molecule has 24 heavy (non-hydrogen) atoms. The molecule has 0 aromatic heterocycles. The largest absolute Gasteiger partial charge is 0.477 e. The van der Waals surface area contributed by atoms with Crippen LogP contribution in [0.5, 0.6) is 5.75 Å². The van der Waals surface area contributed by atoms with Gasteiger partial charge in [-0.05, 0) is 30.5 Å². The normalized spacial score (nSPS) is 10.3. The van der Waals surface area contributed by atoms with E-state index in [1.807, 2.05) is 32.0 Å². The van der Waals surface area contributed by atoms with E-state index in [1.165, 1.54) is 0 Å². The van der Waals surface area contributed by atoms with Gasteiger partial charge in [-0.3, -0.25) is 14.9 Å². The maximum atomic E-state index is 13.2. The molecule has 0 fully saturated rings. The van der Waals surface area contributed by atoms with Gasteiger partial charge in [-0.15, -0.1) is 0 Å². The molecule has 2 rings (SSSR count). The minimum Gasteiger partial charge on any atom is -0.477 e. The fourth-order valence-electron chi connectivity index (χ4n) is 2.28. The SMILES string of the molecule is CCc1cccc(C)c1NC(=O)COc1cc(F)ccc1[N+](=O)[O-]. The van der Waals surface area contributed by atoms with Gasteiger partial charge in [0, 0.05) is 17.8 Å². The Kier molecular flexibility index (Phi) is 5.47. The first-order valence-corrected chi connectivity index (χ1v) is 7.37. The topological polar surface area (TPSA) is 81.5 Å². The Morgan fingerprint density at radius 1 is 1.33 bits per heavy atom. The van der Waals surface area contributed by atoms with Crippen molar-refractivity contribution >= 4 is 17.3 Å². The van der Waals surface area contributed by atoms with E-state index in [4.69, 9.17) is 4.74 Å². The average molecular weight is 332 g/mol. The van der Waals surface area contributed by atoms with Crippen LogP contribution in [0.15, 0.2) is 36.4 Å². The van der Waals surface area contributed by atoms with Gasteiger partial charge in [0.15, 0.2) is 6.61 Å². The minimum absolute atomic E-state index is 0.282. The minimum atomic E-state index is -0.691. The molecule has 0 radical (unpaired) electrons. The number of aryl methyl sites for hydroxylation is 2. The highest BCUT2D eigenvalue weighted by Gasteiger charge is 2.17. The van der Waals surface area contributed by atoms with Crippen LogP contribution in [0, 0.1) is 22.9 Å². The van der Waals surface area contributed by atoms with Gasteiger partial charge in [0.25, 0.3) is 5.91 Å². The summed E-state index contributed by atoms with van der Waals surface area (Å²) in [5.41, 5.74) is 2.18. The van der Waals surface area contributed by atoms with Crippen molar-refractivity contribution in [3.63, 3.8) is 0 Å². The van der Waals surface area contributed by atoms with Gasteiger partial charge in [-0.2, -0.15) is 0 Å². The fraction of sp³-hybridized carbons (Fsp3) is 0.235. The van der Waals surface area contributed by atoms with E-state index >= 15 is 0 Å². The lowest BCUT2D eigenvalue weighted by atomic mass is 10.1. The number of nitro benzene ring substituents is 1. The monoisotopic (exact) mass is 332 g/mol. The van der Waals surface area contributed by atoms with E-state index in [9.17, 15) is 19.3 Å². The number of hydrogen-bond donors (Lipinski definition) is 1. The second kappa shape index (κ2) is 7.54. The maximum Gasteiger partial charge on any atom is 0.311 e. The highest BCUT2D eigenvalue weighted by atomic mass is 19.1. The second-order valence-electron chi connectivity index (χ2n) is 5.17. The van der Waals surface area contributed by atoms with E-state index in [0.29, 0.717) is 5.69 Å². The van der Waals surface area contributed by atoms with Crippen molar-refractivity contribution in [2.45, 2.75) is 20.3 Å². The van der Waals surface area contributed by atoms with Crippen molar-refractivity contribution in [1.82, 2.24) is 0 Å². The molecule has 0 spiro atoms. The Balaban J connectivity index is 2.10. The molecule has 7 heteroatoms. The molecule has 0 atom stereocenters. The van der Waals surface area contributed by atoms with Gasteiger partial charge in [0.2, 0.25) is 5.75 Å². The summed E-state index contributed by atoms with van der Waals surface area (Å²) in [5.74, 6) is -1.43. The number of halogens is 1. The second-order valence-corrected chi connectivity index (χ2v) is 5.17. The highest BCUT2D eigenvalue weighted by molar-refractivity contribution is 5.93. The van der Waals surface area contributed by atoms with Crippen LogP contribution in [-0.4, -0.2) is 17.4 Å². The molecule has 1 amide bonds. The van der Waals surface area contributed by atoms with Crippen LogP contribution in [0.4, 0.5) is 15.8 Å². The smallest absolute Gasteiger partial charge is 0.311 e. The summed E-state index contributed by atoms with van der Waals surface area (Å²) in [4.78, 5) is 22.3. The van der Waals surface area contributed by atoms with Crippen molar-refractivity contribution in [2.24, 2.45) is 0 Å². The maximum absolute atomic E-state index is 13.2. The molecular formula is C17H17FN2O4. The number of carbonyl (C=O) groups excluding carboxylic acids is 1. The van der Waals surface area contributed by atoms with E-state index in [1.54, 1.807) is 0 Å². The third kappa shape index (κ3) is 4.07. The zero-order chi connectivity index (χ0) is 17.7. The molecule has 1 N–H and O–H groups in total. The summed E-state index contributed by atoms with van der Waals surface area (Å²) in [7, 11) is 0. The molecule has 0 saturated carbocycles. The number of amides is 1. The standard InChI is InChI=1S/C17H17FN2O4/c1-3-12-6-4-5-11(2)17(12)19-16(21)10-24-15-9-13(18)7-8-14(15)20(22)23/h4-9H,3,10H2,1-2H3,(H,19,21). The van der Waals surface area contributed by atoms with Crippen molar-refractivity contribution in [1.29, 1.82) is 0 Å². The van der Waals surface area contributed by atoms with E-state index in [2.05, 4.69) is 5.32 Å². The number of nitrogens with zero attached hydrogens (tertiary/aromatic N) is 1. The van der Waals surface area contributed by atoms with Gasteiger partial charge in [-0.25, -0.2) is 4.39 Å². The Bertz CT molecular complexity index is 777. The summed E-state index contributed by atoms with van der Waals surface area (Å²) >= 11 is 0. The van der Waals surface area contributed by atoms with Gasteiger partial charge in [-0.1, -0.05) is 25.1 Å². The molecule has 0 saturated heterocycles. The van der Waals surface area contributed by atoms with Crippen LogP contribution in [-0.2, 0) is 11.2 Å². The molecule has 0 unspecified atom stereocenters. The number of rotatable bonds is 6. The first kappa shape index (κ1) is 17.4. The van der Waals surface area contributed by atoms with Crippen molar-refractivity contribution in [2.75, 3.05) is 11.9 Å². The Morgan fingerprint density at radius 2 is 2.08 bits per heavy atom. The van der Waals surface area contributed by atoms with Crippen LogP contribution in [0.3, 0.4) is 0 Å². The number of anilines is 1. The summed E-state index contributed by atoms with van der Waals surface area (Å²) in [6.07, 6.45) is 0.744. The summed E-state index contributed by atoms with van der Waals surface area (Å²) in [6.45, 7) is 3.38. The van der Waals surface area contributed by atoms with Crippen molar-refractivity contribution in [3.8, 4) is 5.75 Å². The van der Waals surface area contributed by atoms with Crippen molar-refractivity contribution < 1.29 is 18.8 Å². The number of carbonyl (C=O) groups is 1. The van der Waals surface area contributed by atoms with Crippen LogP contribution >= 0.6 is 0 Å². The lowest BCUT2D eigenvalue weighted by Gasteiger charge is -2.13. The van der Waals surface area contributed by atoms with Crippen molar-refractivity contribution in [3.05, 3.63) is 63.5 Å². The van der Waals surface area contributed by atoms with Crippen LogP contribution in [0.25, 0.3) is 0 Å². The molecule has 0 heterocycles. The molecule has 2 aromatic carbocycles. The highest BCUT2D eigenvalue weighted by Crippen LogP contribution is 2.27. The predicted octanol–water partition coefficient (Wildman–Crippen LogP) is 3.62. The van der Waals surface area contributed by atoms with Crippen LogP contribution < -0.4 is 10.1 Å². The first-order valence-electron chi connectivity index (χ1n) is 7.37. The summed E-state index contributed by atoms with van der Waals surface area (Å²) in [5, 5.41) is 13.6. The molecule has 126 valence electrons. The first-order chi connectivity index (χ1) is 11.4. The van der Waals surface area contributed by atoms with Gasteiger partial charge in [0.05, 0.1) is 4.92 Å². The summed E-state index contributed by atoms with van der Waals surface area (Å²) in [6, 6.07) is 8.52. The zero-order valence-electron chi connectivity index (χ0n) is 13.3. The fourth-order valence-corrected chi connectivity index (χ4v) is 2.28. The van der Waals surface area contributed by atoms with Crippen LogP contribution in [0.2, 0.25) is 0 Å². The Hall–Kier alpha value is -2.96. The van der Waals surface area contributed by atoms with Crippen LogP contribution in [0.1, 0.15) is 18.1 Å². The molecule has 0 aliphatic heterocycles. The number of para-hydroxylation sites is 1. The third-order valence-corrected chi connectivity index (χ3v) is 3.48. The molecule has 0 bridgehead atoms. The number of nitro groups is 1. The predicted molar refractivity (Wildman–Crippen MR) is 87.7 cm³/mol. The van der Waals surface area contributed by atoms with Gasteiger partial charge in [0.1, 0.15) is 5.82 Å². The van der Waals surface area contributed by atoms with Gasteiger partial charge < -0.3 is 10.1 Å². The lowest BCUT2D eigenvalue weighted by Crippen LogP contribution is -2.21. The molecule has 0 aliphatic rings. The molecule has 0 aliphatic carbocycles. The summed E-state index contributed by atoms with van der Waals surface area (Å²) < 4.78 is 18.4. The Morgan fingerprint density at radius 3 is 2.75 bits per heavy atom. The average Bonchev–Trinajstić information content (AvgIpc) is 2.54. The molecular weight excluding hydrogens is 315 g/mol. The number of hydrogen-bond acceptors (Lipinski definition) is 4. The van der Waals surface area contributed by atoms with Gasteiger partial charge >= 0.3 is 5.69 Å². The number of nitrogens with one attached hydrogen (secondary N) is 1. The zero-order valence-corrected chi connectivity index (χ0v) is 13.3. The van der Waals surface area contributed by atoms with E-state index in [0.717, 1.165) is 35.7 Å². The lowest BCUT2D eigenvalue weighted by molar-refractivity contribution is -0.385. The number of benzene rings is 2. The molecule has 2 aromatic rings. The van der Waals surface area contributed by atoms with E-state index in [-0.39, 0.29) is 5.75 Å². The van der Waals surface area contributed by atoms with E-state index < -0.39 is 28.9 Å².